The molecular formula is C16H27N3S2. The van der Waals surface area contributed by atoms with Crippen molar-refractivity contribution in [2.45, 2.75) is 57.4 Å². The molecule has 2 atom stereocenters. The van der Waals surface area contributed by atoms with E-state index in [1.165, 1.54) is 29.0 Å². The molecule has 118 valence electrons. The maximum Gasteiger partial charge on any atom is 0.191 e. The van der Waals surface area contributed by atoms with Crippen LogP contribution in [0.15, 0.2) is 17.1 Å². The summed E-state index contributed by atoms with van der Waals surface area (Å²) in [5, 5.41) is 7.79. The minimum atomic E-state index is 0.579. The molecule has 0 aromatic carbocycles. The number of nitrogens with zero attached hydrogens (tertiary/aromatic N) is 1. The van der Waals surface area contributed by atoms with E-state index in [4.69, 9.17) is 4.99 Å². The Kier molecular flexibility index (Phi) is 6.90. The average Bonchev–Trinajstić information content (AvgIpc) is 3.13. The van der Waals surface area contributed by atoms with Crippen LogP contribution < -0.4 is 10.6 Å². The second kappa shape index (κ2) is 8.69. The number of guanidine groups is 1. The lowest BCUT2D eigenvalue weighted by Gasteiger charge is -2.17. The molecule has 5 heteroatoms. The highest BCUT2D eigenvalue weighted by Gasteiger charge is 2.24. The van der Waals surface area contributed by atoms with Crippen molar-refractivity contribution in [3.8, 4) is 0 Å². The predicted molar refractivity (Wildman–Crippen MR) is 96.6 cm³/mol. The number of thioether (sulfide) groups is 1. The molecule has 2 N–H and O–H groups in total. The first kappa shape index (κ1) is 16.7. The van der Waals surface area contributed by atoms with Gasteiger partial charge in [0.05, 0.1) is 6.54 Å². The van der Waals surface area contributed by atoms with E-state index in [1.807, 2.05) is 23.1 Å². The van der Waals surface area contributed by atoms with E-state index in [-0.39, 0.29) is 0 Å². The van der Waals surface area contributed by atoms with Gasteiger partial charge in [0.2, 0.25) is 0 Å². The summed E-state index contributed by atoms with van der Waals surface area (Å²) >= 11 is 3.87. The zero-order valence-electron chi connectivity index (χ0n) is 13.3. The van der Waals surface area contributed by atoms with Crippen LogP contribution in [0.3, 0.4) is 0 Å². The smallest absolute Gasteiger partial charge is 0.191 e. The van der Waals surface area contributed by atoms with Crippen molar-refractivity contribution in [1.82, 2.24) is 10.6 Å². The minimum absolute atomic E-state index is 0.579. The Balaban J connectivity index is 1.89. The van der Waals surface area contributed by atoms with Crippen LogP contribution in [0.4, 0.5) is 0 Å². The third kappa shape index (κ3) is 5.22. The summed E-state index contributed by atoms with van der Waals surface area (Å²) in [4.78, 5) is 7.53. The van der Waals surface area contributed by atoms with Crippen LogP contribution in [0.2, 0.25) is 0 Å². The highest BCUT2D eigenvalue weighted by Crippen LogP contribution is 2.28. The topological polar surface area (TPSA) is 36.4 Å². The molecule has 0 radical (unpaired) electrons. The first-order valence-electron chi connectivity index (χ1n) is 7.90. The molecule has 21 heavy (non-hydrogen) atoms. The summed E-state index contributed by atoms with van der Waals surface area (Å²) in [6.07, 6.45) is 7.17. The van der Waals surface area contributed by atoms with Crippen molar-refractivity contribution in [2.24, 2.45) is 4.99 Å². The summed E-state index contributed by atoms with van der Waals surface area (Å²) in [6, 6.07) is 5.00. The molecule has 1 aliphatic carbocycles. The van der Waals surface area contributed by atoms with Crippen molar-refractivity contribution >= 4 is 29.1 Å². The molecule has 1 saturated carbocycles. The molecule has 1 aromatic heterocycles. The van der Waals surface area contributed by atoms with Crippen LogP contribution in [0.1, 0.15) is 42.9 Å². The fourth-order valence-electron chi connectivity index (χ4n) is 2.65. The Labute approximate surface area is 137 Å². The van der Waals surface area contributed by atoms with Gasteiger partial charge in [-0.2, -0.15) is 11.8 Å². The molecule has 1 heterocycles. The van der Waals surface area contributed by atoms with Gasteiger partial charge in [0.1, 0.15) is 0 Å². The van der Waals surface area contributed by atoms with Gasteiger partial charge in [0.25, 0.3) is 0 Å². The van der Waals surface area contributed by atoms with Gasteiger partial charge in [0, 0.05) is 27.6 Å². The van der Waals surface area contributed by atoms with E-state index in [2.05, 4.69) is 42.9 Å². The second-order valence-corrected chi connectivity index (χ2v) is 7.82. The lowest BCUT2D eigenvalue weighted by atomic mass is 10.2. The van der Waals surface area contributed by atoms with Gasteiger partial charge in [0.15, 0.2) is 5.96 Å². The summed E-state index contributed by atoms with van der Waals surface area (Å²) < 4.78 is 0. The normalized spacial score (nSPS) is 22.5. The minimum Gasteiger partial charge on any atom is -0.357 e. The van der Waals surface area contributed by atoms with E-state index in [0.29, 0.717) is 6.04 Å². The molecular weight excluding hydrogens is 298 g/mol. The highest BCUT2D eigenvalue weighted by molar-refractivity contribution is 7.99. The molecule has 0 bridgehead atoms. The third-order valence-electron chi connectivity index (χ3n) is 3.86. The summed E-state index contributed by atoms with van der Waals surface area (Å²) in [7, 11) is 0. The van der Waals surface area contributed by atoms with Crippen LogP contribution in [-0.2, 0) is 13.0 Å². The number of aliphatic imine (C=N–C) groups is 1. The van der Waals surface area contributed by atoms with Crippen molar-refractivity contribution in [1.29, 1.82) is 0 Å². The average molecular weight is 326 g/mol. The molecule has 1 aromatic rings. The molecule has 0 saturated heterocycles. The zero-order valence-corrected chi connectivity index (χ0v) is 14.9. The van der Waals surface area contributed by atoms with Gasteiger partial charge in [-0.15, -0.1) is 11.3 Å². The van der Waals surface area contributed by atoms with Crippen molar-refractivity contribution < 1.29 is 0 Å². The quantitative estimate of drug-likeness (QED) is 0.619. The lowest BCUT2D eigenvalue weighted by Crippen LogP contribution is -2.42. The molecule has 0 amide bonds. The third-order valence-corrected chi connectivity index (χ3v) is 6.17. The Hall–Kier alpha value is -0.680. The Morgan fingerprint density at radius 3 is 2.76 bits per heavy atom. The van der Waals surface area contributed by atoms with Gasteiger partial charge in [-0.3, -0.25) is 0 Å². The monoisotopic (exact) mass is 325 g/mol. The zero-order chi connectivity index (χ0) is 15.1. The van der Waals surface area contributed by atoms with Crippen LogP contribution in [0.5, 0.6) is 0 Å². The molecule has 2 unspecified atom stereocenters. The van der Waals surface area contributed by atoms with Gasteiger partial charge in [-0.25, -0.2) is 4.99 Å². The maximum absolute atomic E-state index is 4.74. The van der Waals surface area contributed by atoms with E-state index in [9.17, 15) is 0 Å². The largest absolute Gasteiger partial charge is 0.357 e. The first-order chi connectivity index (χ1) is 10.2. The van der Waals surface area contributed by atoms with Crippen molar-refractivity contribution in [2.75, 3.05) is 12.8 Å². The summed E-state index contributed by atoms with van der Waals surface area (Å²) in [6.45, 7) is 6.01. The number of thiophene rings is 1. The second-order valence-electron chi connectivity index (χ2n) is 5.43. The fourth-order valence-corrected chi connectivity index (χ4v) is 4.33. The van der Waals surface area contributed by atoms with Crippen molar-refractivity contribution in [3.63, 3.8) is 0 Å². The first-order valence-corrected chi connectivity index (χ1v) is 10.0. The van der Waals surface area contributed by atoms with Crippen LogP contribution in [-0.4, -0.2) is 30.1 Å². The Morgan fingerprint density at radius 2 is 2.14 bits per heavy atom. The summed E-state index contributed by atoms with van der Waals surface area (Å²) in [5.41, 5.74) is 0. The number of aryl methyl sites for hydroxylation is 1. The Bertz CT molecular complexity index is 456. The van der Waals surface area contributed by atoms with E-state index < -0.39 is 0 Å². The van der Waals surface area contributed by atoms with Gasteiger partial charge >= 0.3 is 0 Å². The summed E-state index contributed by atoms with van der Waals surface area (Å²) in [5.74, 6) is 0.968. The molecule has 0 spiro atoms. The van der Waals surface area contributed by atoms with Gasteiger partial charge < -0.3 is 10.6 Å². The Morgan fingerprint density at radius 1 is 1.33 bits per heavy atom. The molecule has 0 aliphatic heterocycles. The molecule has 3 nitrogen and oxygen atoms in total. The van der Waals surface area contributed by atoms with Gasteiger partial charge in [-0.1, -0.05) is 6.92 Å². The molecule has 1 aliphatic rings. The van der Waals surface area contributed by atoms with E-state index >= 15 is 0 Å². The van der Waals surface area contributed by atoms with Crippen LogP contribution >= 0.6 is 23.1 Å². The SMILES string of the molecule is CCNC(=NCc1ccc(CC)s1)NC1CCC(SC)C1. The van der Waals surface area contributed by atoms with Crippen molar-refractivity contribution in [3.05, 3.63) is 21.9 Å². The fraction of sp³-hybridized carbons (Fsp3) is 0.688. The van der Waals surface area contributed by atoms with E-state index in [0.717, 1.165) is 30.7 Å². The van der Waals surface area contributed by atoms with Crippen LogP contribution in [0, 0.1) is 0 Å². The number of nitrogens with one attached hydrogen (secondary N) is 2. The lowest BCUT2D eigenvalue weighted by molar-refractivity contribution is 0.615. The van der Waals surface area contributed by atoms with Gasteiger partial charge in [-0.05, 0) is 51.0 Å². The predicted octanol–water partition coefficient (Wildman–Crippen LogP) is 3.65. The maximum atomic E-state index is 4.74. The number of hydrogen-bond acceptors (Lipinski definition) is 3. The molecule has 2 rings (SSSR count). The number of hydrogen-bond donors (Lipinski definition) is 2. The standard InChI is InChI=1S/C16H27N3S2/c1-4-13-8-9-15(21-13)11-18-16(17-5-2)19-12-6-7-14(10-12)20-3/h8-9,12,14H,4-7,10-11H2,1-3H3,(H2,17,18,19). The van der Waals surface area contributed by atoms with Crippen LogP contribution in [0.25, 0.3) is 0 Å². The molecule has 1 fully saturated rings. The van der Waals surface area contributed by atoms with E-state index in [1.54, 1.807) is 0 Å². The highest BCUT2D eigenvalue weighted by atomic mass is 32.2. The number of rotatable bonds is 6.